The molecule has 1 fully saturated rings. The van der Waals surface area contributed by atoms with Gasteiger partial charge in [-0.15, -0.1) is 0 Å². The molecule has 1 N–H and O–H groups in total. The fourth-order valence-corrected chi connectivity index (χ4v) is 2.19. The van der Waals surface area contributed by atoms with Crippen LogP contribution < -0.4 is 10.2 Å². The van der Waals surface area contributed by atoms with Gasteiger partial charge in [-0.2, -0.15) is 18.2 Å². The zero-order chi connectivity index (χ0) is 15.6. The summed E-state index contributed by atoms with van der Waals surface area (Å²) in [5, 5.41) is 2.83. The fraction of sp³-hybridized carbons (Fsp3) is 0.714. The number of hydrogen-bond donors (Lipinski definition) is 1. The highest BCUT2D eigenvalue weighted by molar-refractivity contribution is 5.45. The number of aromatic nitrogens is 2. The van der Waals surface area contributed by atoms with E-state index in [0.29, 0.717) is 24.2 Å². The molecule has 21 heavy (non-hydrogen) atoms. The second kappa shape index (κ2) is 6.07. The number of rotatable bonds is 6. The van der Waals surface area contributed by atoms with Crippen LogP contribution in [0.15, 0.2) is 6.07 Å². The van der Waals surface area contributed by atoms with Crippen LogP contribution in [0.1, 0.15) is 32.4 Å². The molecule has 0 amide bonds. The average Bonchev–Trinajstić information content (AvgIpc) is 3.10. The van der Waals surface area contributed by atoms with E-state index in [1.165, 1.54) is 0 Å². The summed E-state index contributed by atoms with van der Waals surface area (Å²) in [6.07, 6.45) is -2.54. The van der Waals surface area contributed by atoms with Crippen molar-refractivity contribution in [2.75, 3.05) is 30.4 Å². The first-order chi connectivity index (χ1) is 9.81. The van der Waals surface area contributed by atoms with E-state index in [1.807, 2.05) is 6.92 Å². The predicted molar refractivity (Wildman–Crippen MR) is 76.4 cm³/mol. The van der Waals surface area contributed by atoms with E-state index >= 15 is 0 Å². The van der Waals surface area contributed by atoms with Gasteiger partial charge in [0, 0.05) is 26.2 Å². The SMILES string of the molecule is CCCNc1nc(N(C)CC2CC2C)cc(C(F)(F)F)n1. The van der Waals surface area contributed by atoms with Crippen molar-refractivity contribution in [3.05, 3.63) is 11.8 Å². The zero-order valence-electron chi connectivity index (χ0n) is 12.5. The lowest BCUT2D eigenvalue weighted by Gasteiger charge is -2.20. The normalized spacial score (nSPS) is 21.2. The van der Waals surface area contributed by atoms with E-state index in [9.17, 15) is 13.2 Å². The Morgan fingerprint density at radius 1 is 1.38 bits per heavy atom. The van der Waals surface area contributed by atoms with Gasteiger partial charge in [-0.05, 0) is 24.7 Å². The highest BCUT2D eigenvalue weighted by Crippen LogP contribution is 2.39. The van der Waals surface area contributed by atoms with Gasteiger partial charge in [-0.25, -0.2) is 4.98 Å². The highest BCUT2D eigenvalue weighted by Gasteiger charge is 2.36. The maximum absolute atomic E-state index is 12.9. The van der Waals surface area contributed by atoms with Gasteiger partial charge < -0.3 is 10.2 Å². The molecule has 7 heteroatoms. The van der Waals surface area contributed by atoms with E-state index in [2.05, 4.69) is 22.2 Å². The number of halogens is 3. The number of hydrogen-bond acceptors (Lipinski definition) is 4. The van der Waals surface area contributed by atoms with Crippen LogP contribution in [0.4, 0.5) is 24.9 Å². The van der Waals surface area contributed by atoms with Crippen molar-refractivity contribution in [2.24, 2.45) is 11.8 Å². The van der Waals surface area contributed by atoms with Gasteiger partial charge in [0.15, 0.2) is 5.69 Å². The Balaban J connectivity index is 2.21. The lowest BCUT2D eigenvalue weighted by molar-refractivity contribution is -0.141. The number of alkyl halides is 3. The molecule has 0 saturated heterocycles. The van der Waals surface area contributed by atoms with Crippen molar-refractivity contribution in [3.8, 4) is 0 Å². The van der Waals surface area contributed by atoms with E-state index in [-0.39, 0.29) is 5.95 Å². The van der Waals surface area contributed by atoms with Gasteiger partial charge in [0.1, 0.15) is 5.82 Å². The minimum Gasteiger partial charge on any atom is -0.359 e. The second-order valence-electron chi connectivity index (χ2n) is 5.71. The Hall–Kier alpha value is -1.53. The van der Waals surface area contributed by atoms with Crippen molar-refractivity contribution < 1.29 is 13.2 Å². The molecule has 0 aliphatic heterocycles. The molecular formula is C14H21F3N4. The minimum absolute atomic E-state index is 0.0392. The summed E-state index contributed by atoms with van der Waals surface area (Å²) in [6, 6.07) is 1.02. The highest BCUT2D eigenvalue weighted by atomic mass is 19.4. The number of nitrogens with zero attached hydrogens (tertiary/aromatic N) is 3. The molecule has 2 rings (SSSR count). The summed E-state index contributed by atoms with van der Waals surface area (Å²) in [4.78, 5) is 9.53. The summed E-state index contributed by atoms with van der Waals surface area (Å²) in [6.45, 7) is 5.35. The van der Waals surface area contributed by atoms with Crippen molar-refractivity contribution in [1.29, 1.82) is 0 Å². The Bertz CT molecular complexity index is 490. The summed E-state index contributed by atoms with van der Waals surface area (Å²) in [5.74, 6) is 1.55. The van der Waals surface area contributed by atoms with E-state index in [4.69, 9.17) is 0 Å². The maximum atomic E-state index is 12.9. The van der Waals surface area contributed by atoms with Crippen molar-refractivity contribution in [3.63, 3.8) is 0 Å². The largest absolute Gasteiger partial charge is 0.433 e. The smallest absolute Gasteiger partial charge is 0.359 e. The molecule has 1 aliphatic carbocycles. The molecule has 118 valence electrons. The second-order valence-corrected chi connectivity index (χ2v) is 5.71. The molecule has 0 spiro atoms. The molecule has 1 heterocycles. The van der Waals surface area contributed by atoms with Crippen LogP contribution in [0.2, 0.25) is 0 Å². The molecule has 1 aromatic rings. The van der Waals surface area contributed by atoms with Gasteiger partial charge in [0.2, 0.25) is 5.95 Å². The lowest BCUT2D eigenvalue weighted by atomic mass is 10.3. The topological polar surface area (TPSA) is 41.1 Å². The van der Waals surface area contributed by atoms with E-state index in [0.717, 1.165) is 25.5 Å². The number of nitrogens with one attached hydrogen (secondary N) is 1. The minimum atomic E-state index is -4.46. The van der Waals surface area contributed by atoms with Crippen LogP contribution in [0.25, 0.3) is 0 Å². The quantitative estimate of drug-likeness (QED) is 0.874. The fourth-order valence-electron chi connectivity index (χ4n) is 2.19. The van der Waals surface area contributed by atoms with Gasteiger partial charge >= 0.3 is 6.18 Å². The summed E-state index contributed by atoms with van der Waals surface area (Å²) in [7, 11) is 1.77. The first kappa shape index (κ1) is 15.9. The van der Waals surface area contributed by atoms with E-state index < -0.39 is 11.9 Å². The van der Waals surface area contributed by atoms with Crippen LogP contribution in [-0.2, 0) is 6.18 Å². The maximum Gasteiger partial charge on any atom is 0.433 e. The zero-order valence-corrected chi connectivity index (χ0v) is 12.5. The molecule has 2 unspecified atom stereocenters. The molecule has 0 radical (unpaired) electrons. The van der Waals surface area contributed by atoms with Crippen LogP contribution in [0, 0.1) is 11.8 Å². The Morgan fingerprint density at radius 3 is 2.57 bits per heavy atom. The molecule has 0 bridgehead atoms. The standard InChI is InChI=1S/C14H21F3N4/c1-4-5-18-13-19-11(14(15,16)17)7-12(20-13)21(3)8-10-6-9(10)2/h7,9-10H,4-6,8H2,1-3H3,(H,18,19,20). The molecular weight excluding hydrogens is 281 g/mol. The third-order valence-corrected chi connectivity index (χ3v) is 3.71. The Kier molecular flexibility index (Phi) is 4.58. The van der Waals surface area contributed by atoms with Crippen LogP contribution >= 0.6 is 0 Å². The molecule has 1 aliphatic rings. The van der Waals surface area contributed by atoms with Gasteiger partial charge in [-0.1, -0.05) is 13.8 Å². The predicted octanol–water partition coefficient (Wildman–Crippen LogP) is 3.41. The van der Waals surface area contributed by atoms with E-state index in [1.54, 1.807) is 11.9 Å². The van der Waals surface area contributed by atoms with Crippen LogP contribution in [-0.4, -0.2) is 30.1 Å². The first-order valence-corrected chi connectivity index (χ1v) is 7.22. The lowest BCUT2D eigenvalue weighted by Crippen LogP contribution is -2.24. The third kappa shape index (κ3) is 4.22. The molecule has 2 atom stereocenters. The third-order valence-electron chi connectivity index (χ3n) is 3.71. The number of anilines is 2. The average molecular weight is 302 g/mol. The monoisotopic (exact) mass is 302 g/mol. The van der Waals surface area contributed by atoms with Gasteiger partial charge in [0.25, 0.3) is 0 Å². The summed E-state index contributed by atoms with van der Waals surface area (Å²) < 4.78 is 38.8. The van der Waals surface area contributed by atoms with Crippen molar-refractivity contribution in [2.45, 2.75) is 32.9 Å². The Morgan fingerprint density at radius 2 is 2.05 bits per heavy atom. The molecule has 0 aromatic carbocycles. The van der Waals surface area contributed by atoms with Gasteiger partial charge in [0.05, 0.1) is 0 Å². The van der Waals surface area contributed by atoms with Gasteiger partial charge in [-0.3, -0.25) is 0 Å². The van der Waals surface area contributed by atoms with Crippen molar-refractivity contribution in [1.82, 2.24) is 9.97 Å². The Labute approximate surface area is 122 Å². The molecule has 4 nitrogen and oxygen atoms in total. The van der Waals surface area contributed by atoms with Crippen molar-refractivity contribution >= 4 is 11.8 Å². The molecule has 1 saturated carbocycles. The summed E-state index contributed by atoms with van der Waals surface area (Å²) >= 11 is 0. The van der Waals surface area contributed by atoms with Crippen LogP contribution in [0.5, 0.6) is 0 Å². The summed E-state index contributed by atoms with van der Waals surface area (Å²) in [5.41, 5.74) is -0.901. The molecule has 1 aromatic heterocycles. The van der Waals surface area contributed by atoms with Crippen LogP contribution in [0.3, 0.4) is 0 Å². The first-order valence-electron chi connectivity index (χ1n) is 7.22.